The van der Waals surface area contributed by atoms with Gasteiger partial charge in [0.15, 0.2) is 0 Å². The quantitative estimate of drug-likeness (QED) is 0.665. The van der Waals surface area contributed by atoms with Gasteiger partial charge in [-0.05, 0) is 30.4 Å². The second kappa shape index (κ2) is 9.00. The number of fused-ring (bicyclic) bond motifs is 3. The molecule has 0 radical (unpaired) electrons. The highest BCUT2D eigenvalue weighted by molar-refractivity contribution is 5.85. The molecule has 5 rings (SSSR count). The molecule has 0 aliphatic carbocycles. The Bertz CT molecular complexity index is 941. The van der Waals surface area contributed by atoms with Crippen molar-refractivity contribution in [2.75, 3.05) is 13.1 Å². The Hall–Kier alpha value is -1.66. The van der Waals surface area contributed by atoms with Crippen LogP contribution in [0, 0.1) is 0 Å². The third kappa shape index (κ3) is 4.29. The standard InChI is InChI=1S/C22H27N5.2ClH/c1-15(2)16-4-6-17(7-5-16)21-20(27-11-3-10-23-22(27)25-21)14-26-12-18-8-9-19(13-26)24-18;;/h3-7,10-11,15,18-19,24H,8-9,12-14H2,1-2H3;2*1H. The Kier molecular flexibility index (Phi) is 6.84. The van der Waals surface area contributed by atoms with Crippen molar-refractivity contribution in [3.8, 4) is 11.3 Å². The summed E-state index contributed by atoms with van der Waals surface area (Å²) >= 11 is 0. The van der Waals surface area contributed by atoms with Gasteiger partial charge in [-0.1, -0.05) is 38.1 Å². The van der Waals surface area contributed by atoms with E-state index in [1.807, 2.05) is 12.3 Å². The van der Waals surface area contributed by atoms with Gasteiger partial charge in [0.25, 0.3) is 0 Å². The Morgan fingerprint density at radius 1 is 1.07 bits per heavy atom. The van der Waals surface area contributed by atoms with Gasteiger partial charge < -0.3 is 5.32 Å². The first-order valence-corrected chi connectivity index (χ1v) is 10.1. The second-order valence-electron chi connectivity index (χ2n) is 8.31. The predicted molar refractivity (Wildman–Crippen MR) is 122 cm³/mol. The molecule has 0 spiro atoms. The van der Waals surface area contributed by atoms with Gasteiger partial charge in [-0.25, -0.2) is 9.97 Å². The fourth-order valence-corrected chi connectivity index (χ4v) is 4.57. The SMILES string of the molecule is CC(C)c1ccc(-c2nc3ncccn3c2CN2CC3CCC(C2)N3)cc1.Cl.Cl. The minimum absolute atomic E-state index is 0. The molecule has 2 unspecified atom stereocenters. The van der Waals surface area contributed by atoms with Gasteiger partial charge in [0, 0.05) is 49.7 Å². The van der Waals surface area contributed by atoms with Crippen LogP contribution in [0.5, 0.6) is 0 Å². The van der Waals surface area contributed by atoms with E-state index in [1.54, 1.807) is 0 Å². The molecule has 1 N–H and O–H groups in total. The van der Waals surface area contributed by atoms with Crippen molar-refractivity contribution in [2.45, 2.75) is 51.2 Å². The monoisotopic (exact) mass is 433 g/mol. The molecule has 2 aliphatic heterocycles. The van der Waals surface area contributed by atoms with Gasteiger partial charge in [-0.15, -0.1) is 24.8 Å². The Labute approximate surface area is 184 Å². The average molecular weight is 434 g/mol. The van der Waals surface area contributed by atoms with Crippen molar-refractivity contribution in [1.82, 2.24) is 24.6 Å². The van der Waals surface area contributed by atoms with Crippen LogP contribution < -0.4 is 5.32 Å². The van der Waals surface area contributed by atoms with E-state index >= 15 is 0 Å². The van der Waals surface area contributed by atoms with E-state index in [-0.39, 0.29) is 24.8 Å². The van der Waals surface area contributed by atoms with Crippen LogP contribution in [0.25, 0.3) is 17.0 Å². The van der Waals surface area contributed by atoms with Gasteiger partial charge in [-0.2, -0.15) is 0 Å². The van der Waals surface area contributed by atoms with Gasteiger partial charge in [0.1, 0.15) is 0 Å². The normalized spacial score (nSPS) is 21.2. The number of piperazine rings is 1. The molecule has 7 heteroatoms. The highest BCUT2D eigenvalue weighted by Crippen LogP contribution is 2.28. The summed E-state index contributed by atoms with van der Waals surface area (Å²) in [5.74, 6) is 1.33. The van der Waals surface area contributed by atoms with E-state index in [1.165, 1.54) is 29.7 Å². The third-order valence-electron chi connectivity index (χ3n) is 6.02. The molecule has 2 bridgehead atoms. The predicted octanol–water partition coefficient (Wildman–Crippen LogP) is 4.30. The topological polar surface area (TPSA) is 45.5 Å². The number of imidazole rings is 1. The van der Waals surface area contributed by atoms with E-state index in [0.29, 0.717) is 18.0 Å². The van der Waals surface area contributed by atoms with E-state index < -0.39 is 0 Å². The third-order valence-corrected chi connectivity index (χ3v) is 6.02. The van der Waals surface area contributed by atoms with Gasteiger partial charge >= 0.3 is 0 Å². The lowest BCUT2D eigenvalue weighted by Crippen LogP contribution is -2.50. The lowest BCUT2D eigenvalue weighted by molar-refractivity contribution is 0.187. The maximum Gasteiger partial charge on any atom is 0.234 e. The average Bonchev–Trinajstić information content (AvgIpc) is 3.22. The van der Waals surface area contributed by atoms with Crippen LogP contribution in [-0.2, 0) is 6.54 Å². The molecule has 2 aliphatic rings. The van der Waals surface area contributed by atoms with Crippen LogP contribution in [0.1, 0.15) is 43.9 Å². The Balaban J connectivity index is 0.00000120. The lowest BCUT2D eigenvalue weighted by Gasteiger charge is -2.32. The molecule has 0 saturated carbocycles. The zero-order valence-corrected chi connectivity index (χ0v) is 18.5. The smallest absolute Gasteiger partial charge is 0.234 e. The molecule has 4 heterocycles. The number of likely N-dealkylation sites (tertiary alicyclic amines) is 1. The number of hydrogen-bond donors (Lipinski definition) is 1. The number of nitrogens with zero attached hydrogens (tertiary/aromatic N) is 4. The number of hydrogen-bond acceptors (Lipinski definition) is 4. The molecule has 2 saturated heterocycles. The largest absolute Gasteiger partial charge is 0.309 e. The Morgan fingerprint density at radius 3 is 2.41 bits per heavy atom. The van der Waals surface area contributed by atoms with Crippen LogP contribution in [0.4, 0.5) is 0 Å². The van der Waals surface area contributed by atoms with Crippen molar-refractivity contribution in [2.24, 2.45) is 0 Å². The van der Waals surface area contributed by atoms with Crippen molar-refractivity contribution >= 4 is 30.6 Å². The van der Waals surface area contributed by atoms with Crippen molar-refractivity contribution in [3.05, 3.63) is 54.0 Å². The summed E-state index contributed by atoms with van der Waals surface area (Å²) in [5.41, 5.74) is 4.85. The van der Waals surface area contributed by atoms with E-state index in [2.05, 4.69) is 63.9 Å². The summed E-state index contributed by atoms with van der Waals surface area (Å²) in [4.78, 5) is 12.0. The van der Waals surface area contributed by atoms with Gasteiger partial charge in [-0.3, -0.25) is 9.30 Å². The highest BCUT2D eigenvalue weighted by Gasteiger charge is 2.32. The van der Waals surface area contributed by atoms with E-state index in [9.17, 15) is 0 Å². The van der Waals surface area contributed by atoms with Gasteiger partial charge in [0.05, 0.1) is 11.4 Å². The minimum atomic E-state index is 0. The molecule has 3 aromatic rings. The summed E-state index contributed by atoms with van der Waals surface area (Å²) in [6.07, 6.45) is 6.52. The van der Waals surface area contributed by atoms with Crippen molar-refractivity contribution < 1.29 is 0 Å². The Morgan fingerprint density at radius 2 is 1.76 bits per heavy atom. The molecule has 2 aromatic heterocycles. The molecule has 1 aromatic carbocycles. The van der Waals surface area contributed by atoms with Crippen LogP contribution in [0.2, 0.25) is 0 Å². The molecule has 156 valence electrons. The molecule has 2 fully saturated rings. The first-order chi connectivity index (χ1) is 13.2. The second-order valence-corrected chi connectivity index (χ2v) is 8.31. The van der Waals surface area contributed by atoms with Crippen molar-refractivity contribution in [1.29, 1.82) is 0 Å². The molecular weight excluding hydrogens is 405 g/mol. The summed E-state index contributed by atoms with van der Waals surface area (Å²) in [6, 6.07) is 12.2. The summed E-state index contributed by atoms with van der Waals surface area (Å²) in [7, 11) is 0. The first kappa shape index (κ1) is 22.0. The van der Waals surface area contributed by atoms with Crippen LogP contribution in [0.3, 0.4) is 0 Å². The van der Waals surface area contributed by atoms with E-state index in [0.717, 1.165) is 31.1 Å². The number of benzene rings is 1. The summed E-state index contributed by atoms with van der Waals surface area (Å²) in [6.45, 7) is 7.62. The molecule has 2 atom stereocenters. The molecule has 29 heavy (non-hydrogen) atoms. The zero-order valence-electron chi connectivity index (χ0n) is 16.9. The van der Waals surface area contributed by atoms with E-state index in [4.69, 9.17) is 4.98 Å². The maximum atomic E-state index is 4.89. The summed E-state index contributed by atoms with van der Waals surface area (Å²) < 4.78 is 2.16. The molecule has 0 amide bonds. The summed E-state index contributed by atoms with van der Waals surface area (Å²) in [5, 5.41) is 3.72. The minimum Gasteiger partial charge on any atom is -0.309 e. The molecule has 5 nitrogen and oxygen atoms in total. The number of nitrogens with one attached hydrogen (secondary N) is 1. The molecular formula is C22H29Cl2N5. The fourth-order valence-electron chi connectivity index (χ4n) is 4.57. The maximum absolute atomic E-state index is 4.89. The van der Waals surface area contributed by atoms with Crippen LogP contribution in [0.15, 0.2) is 42.7 Å². The zero-order chi connectivity index (χ0) is 18.4. The highest BCUT2D eigenvalue weighted by atomic mass is 35.5. The first-order valence-electron chi connectivity index (χ1n) is 10.1. The number of rotatable bonds is 4. The van der Waals surface area contributed by atoms with Crippen LogP contribution >= 0.6 is 24.8 Å². The van der Waals surface area contributed by atoms with Gasteiger partial charge in [0.2, 0.25) is 5.78 Å². The fraction of sp³-hybridized carbons (Fsp3) is 0.455. The van der Waals surface area contributed by atoms with Crippen molar-refractivity contribution in [3.63, 3.8) is 0 Å². The van der Waals surface area contributed by atoms with Crippen LogP contribution in [-0.4, -0.2) is 44.4 Å². The number of aromatic nitrogens is 3. The lowest BCUT2D eigenvalue weighted by atomic mass is 10.0. The number of halogens is 2.